The van der Waals surface area contributed by atoms with Gasteiger partial charge in [0.1, 0.15) is 17.1 Å². The Kier molecular flexibility index (Phi) is 6.17. The van der Waals surface area contributed by atoms with Crippen LogP contribution in [-0.4, -0.2) is 52.9 Å². The van der Waals surface area contributed by atoms with Gasteiger partial charge in [-0.2, -0.15) is 13.2 Å². The van der Waals surface area contributed by atoms with Gasteiger partial charge in [-0.15, -0.1) is 0 Å². The number of nitrogens with zero attached hydrogens (tertiary/aromatic N) is 4. The molecule has 0 spiro atoms. The van der Waals surface area contributed by atoms with Crippen molar-refractivity contribution in [3.63, 3.8) is 0 Å². The molecule has 0 unspecified atom stereocenters. The van der Waals surface area contributed by atoms with Gasteiger partial charge in [0, 0.05) is 18.4 Å². The van der Waals surface area contributed by atoms with Gasteiger partial charge in [0.2, 0.25) is 5.91 Å². The van der Waals surface area contributed by atoms with Crippen LogP contribution in [0.25, 0.3) is 5.57 Å². The third kappa shape index (κ3) is 4.40. The molecule has 1 atom stereocenters. The zero-order valence-electron chi connectivity index (χ0n) is 18.6. The fourth-order valence-electron chi connectivity index (χ4n) is 4.19. The first-order valence-electron chi connectivity index (χ1n) is 10.7. The number of nitrogens with one attached hydrogen (secondary N) is 2. The normalized spacial score (nSPS) is 19.3. The number of hydrogen-bond donors (Lipinski definition) is 3. The standard InChI is InChI=1S/C22H24F3N7O2/c1-3-32(21(34)15-5-4-10-31(15)2)12-6-7-13-14(11-12)29-20(28-13)17(18(26)33)19-27-9-8-16(30-19)22(23,24)25/h6-9,11,15,28-29H,3-5,10H2,1-2H3,(H2,26,33)/b20-17+/t15-/m0/s1. The molecule has 180 valence electrons. The predicted octanol–water partition coefficient (Wildman–Crippen LogP) is 2.63. The van der Waals surface area contributed by atoms with E-state index >= 15 is 0 Å². The number of aromatic nitrogens is 2. The molecule has 0 radical (unpaired) electrons. The van der Waals surface area contributed by atoms with Crippen LogP contribution in [0.3, 0.4) is 0 Å². The van der Waals surface area contributed by atoms with Crippen molar-refractivity contribution in [3.05, 3.63) is 47.8 Å². The number of primary amides is 1. The Bertz CT molecular complexity index is 1170. The first-order chi connectivity index (χ1) is 16.1. The molecule has 34 heavy (non-hydrogen) atoms. The predicted molar refractivity (Wildman–Crippen MR) is 121 cm³/mol. The second-order valence-corrected chi connectivity index (χ2v) is 8.08. The molecule has 2 aliphatic rings. The van der Waals surface area contributed by atoms with E-state index in [1.807, 2.05) is 18.9 Å². The van der Waals surface area contributed by atoms with Crippen LogP contribution in [-0.2, 0) is 15.8 Å². The largest absolute Gasteiger partial charge is 0.433 e. The maximum absolute atomic E-state index is 13.1. The van der Waals surface area contributed by atoms with Crippen molar-refractivity contribution in [1.82, 2.24) is 14.9 Å². The number of likely N-dealkylation sites (N-methyl/N-ethyl adjacent to an activating group) is 2. The summed E-state index contributed by atoms with van der Waals surface area (Å²) in [6.45, 7) is 3.21. The van der Waals surface area contributed by atoms with Crippen LogP contribution in [0, 0.1) is 0 Å². The van der Waals surface area contributed by atoms with Gasteiger partial charge < -0.3 is 21.3 Å². The second kappa shape index (κ2) is 8.93. The third-order valence-corrected chi connectivity index (χ3v) is 5.89. The smallest absolute Gasteiger partial charge is 0.365 e. The number of hydrogen-bond acceptors (Lipinski definition) is 7. The molecule has 4 N–H and O–H groups in total. The highest BCUT2D eigenvalue weighted by Crippen LogP contribution is 2.37. The van der Waals surface area contributed by atoms with Gasteiger partial charge in [0.05, 0.1) is 17.4 Å². The maximum atomic E-state index is 13.1. The molecule has 2 aliphatic heterocycles. The number of rotatable bonds is 5. The number of carbonyl (C=O) groups excluding carboxylic acids is 2. The van der Waals surface area contributed by atoms with Crippen LogP contribution >= 0.6 is 0 Å². The zero-order chi connectivity index (χ0) is 24.6. The summed E-state index contributed by atoms with van der Waals surface area (Å²) in [7, 11) is 1.93. The van der Waals surface area contributed by atoms with E-state index in [1.54, 1.807) is 23.1 Å². The monoisotopic (exact) mass is 475 g/mol. The highest BCUT2D eigenvalue weighted by molar-refractivity contribution is 6.20. The molecule has 1 aromatic heterocycles. The Hall–Kier alpha value is -3.67. The minimum atomic E-state index is -4.71. The Morgan fingerprint density at radius 3 is 2.59 bits per heavy atom. The van der Waals surface area contributed by atoms with E-state index in [1.165, 1.54) is 0 Å². The Morgan fingerprint density at radius 2 is 1.97 bits per heavy atom. The number of anilines is 3. The first kappa shape index (κ1) is 23.5. The lowest BCUT2D eigenvalue weighted by molar-refractivity contribution is -0.141. The van der Waals surface area contributed by atoms with Gasteiger partial charge in [-0.05, 0) is 57.6 Å². The third-order valence-electron chi connectivity index (χ3n) is 5.89. The molecule has 1 saturated heterocycles. The summed E-state index contributed by atoms with van der Waals surface area (Å²) in [5.74, 6) is -1.40. The molecule has 1 aromatic carbocycles. The fraction of sp³-hybridized carbons (Fsp3) is 0.364. The quantitative estimate of drug-likeness (QED) is 0.570. The summed E-state index contributed by atoms with van der Waals surface area (Å²) >= 11 is 0. The van der Waals surface area contributed by atoms with Gasteiger partial charge in [-0.25, -0.2) is 9.97 Å². The van der Waals surface area contributed by atoms with Crippen molar-refractivity contribution in [3.8, 4) is 0 Å². The van der Waals surface area contributed by atoms with Gasteiger partial charge in [-0.3, -0.25) is 14.5 Å². The van der Waals surface area contributed by atoms with E-state index in [0.717, 1.165) is 25.6 Å². The van der Waals surface area contributed by atoms with E-state index in [9.17, 15) is 22.8 Å². The first-order valence-corrected chi connectivity index (χ1v) is 10.7. The van der Waals surface area contributed by atoms with Crippen molar-refractivity contribution < 1.29 is 22.8 Å². The number of nitrogens with two attached hydrogens (primary N) is 1. The Balaban J connectivity index is 1.66. The number of benzene rings is 1. The van der Waals surface area contributed by atoms with Crippen LogP contribution in [0.1, 0.15) is 31.3 Å². The molecule has 3 heterocycles. The lowest BCUT2D eigenvalue weighted by Crippen LogP contribution is -2.44. The highest BCUT2D eigenvalue weighted by Gasteiger charge is 2.35. The lowest BCUT2D eigenvalue weighted by atomic mass is 10.1. The van der Waals surface area contributed by atoms with Gasteiger partial charge in [-0.1, -0.05) is 0 Å². The minimum Gasteiger partial charge on any atom is -0.365 e. The summed E-state index contributed by atoms with van der Waals surface area (Å²) in [5.41, 5.74) is 5.70. The number of likely N-dealkylation sites (tertiary alicyclic amines) is 1. The summed E-state index contributed by atoms with van der Waals surface area (Å²) in [6.07, 6.45) is -2.03. The van der Waals surface area contributed by atoms with E-state index in [-0.39, 0.29) is 23.3 Å². The zero-order valence-corrected chi connectivity index (χ0v) is 18.6. The van der Waals surface area contributed by atoms with Crippen LogP contribution in [0.5, 0.6) is 0 Å². The van der Waals surface area contributed by atoms with Crippen LogP contribution < -0.4 is 21.3 Å². The van der Waals surface area contributed by atoms with Gasteiger partial charge in [0.25, 0.3) is 5.91 Å². The Morgan fingerprint density at radius 1 is 1.24 bits per heavy atom. The molecule has 2 aromatic rings. The van der Waals surface area contributed by atoms with Crippen molar-refractivity contribution in [2.75, 3.05) is 35.7 Å². The van der Waals surface area contributed by atoms with Crippen LogP contribution in [0.2, 0.25) is 0 Å². The maximum Gasteiger partial charge on any atom is 0.433 e. The molecule has 12 heteroatoms. The SMILES string of the molecule is CCN(C(=O)[C@@H]1CCCN1C)c1ccc2c(c1)N/C(=C(\C(N)=O)c1nccc(C(F)(F)F)n1)N2. The van der Waals surface area contributed by atoms with Crippen LogP contribution in [0.15, 0.2) is 36.3 Å². The molecule has 9 nitrogen and oxygen atoms in total. The average Bonchev–Trinajstić information content (AvgIpc) is 3.39. The number of fused-ring (bicyclic) bond motifs is 1. The van der Waals surface area contributed by atoms with Crippen molar-refractivity contribution in [2.45, 2.75) is 32.0 Å². The molecule has 0 saturated carbocycles. The molecule has 0 bridgehead atoms. The van der Waals surface area contributed by atoms with E-state index in [0.29, 0.717) is 29.7 Å². The lowest BCUT2D eigenvalue weighted by Gasteiger charge is -2.28. The van der Waals surface area contributed by atoms with E-state index in [2.05, 4.69) is 20.6 Å². The minimum absolute atomic E-state index is 0.000590. The number of amides is 2. The van der Waals surface area contributed by atoms with Crippen molar-refractivity contribution in [2.24, 2.45) is 5.73 Å². The second-order valence-electron chi connectivity index (χ2n) is 8.08. The van der Waals surface area contributed by atoms with E-state index in [4.69, 9.17) is 5.73 Å². The summed E-state index contributed by atoms with van der Waals surface area (Å²) < 4.78 is 39.3. The summed E-state index contributed by atoms with van der Waals surface area (Å²) in [5, 5.41) is 5.91. The van der Waals surface area contributed by atoms with Gasteiger partial charge in [0.15, 0.2) is 5.82 Å². The summed E-state index contributed by atoms with van der Waals surface area (Å²) in [4.78, 5) is 36.3. The average molecular weight is 475 g/mol. The topological polar surface area (TPSA) is 116 Å². The van der Waals surface area contributed by atoms with Crippen molar-refractivity contribution >= 4 is 34.4 Å². The molecular formula is C22H24F3N7O2. The number of alkyl halides is 3. The van der Waals surface area contributed by atoms with Gasteiger partial charge >= 0.3 is 6.18 Å². The molecule has 4 rings (SSSR count). The number of halogens is 3. The molecule has 0 aliphatic carbocycles. The fourth-order valence-corrected chi connectivity index (χ4v) is 4.19. The van der Waals surface area contributed by atoms with E-state index < -0.39 is 23.6 Å². The van der Waals surface area contributed by atoms with Crippen LogP contribution in [0.4, 0.5) is 30.2 Å². The highest BCUT2D eigenvalue weighted by atomic mass is 19.4. The molecule has 1 fully saturated rings. The summed E-state index contributed by atoms with van der Waals surface area (Å²) in [6, 6.07) is 5.73. The molecular weight excluding hydrogens is 451 g/mol. The Labute approximate surface area is 193 Å². The number of carbonyl (C=O) groups is 2. The molecule has 2 amide bonds. The van der Waals surface area contributed by atoms with Crippen molar-refractivity contribution in [1.29, 1.82) is 0 Å².